The molecule has 2 rings (SSSR count). The minimum absolute atomic E-state index is 0.131. The second-order valence-corrected chi connectivity index (χ2v) is 5.42. The van der Waals surface area contributed by atoms with Crippen LogP contribution in [-0.4, -0.2) is 18.8 Å². The van der Waals surface area contributed by atoms with Gasteiger partial charge in [0, 0.05) is 10.5 Å². The fourth-order valence-electron chi connectivity index (χ4n) is 1.81. The minimum Gasteiger partial charge on any atom is -0.497 e. The largest absolute Gasteiger partial charge is 0.497 e. The molecule has 1 amide bonds. The molecule has 0 fully saturated rings. The summed E-state index contributed by atoms with van der Waals surface area (Å²) in [5, 5.41) is 2.95. The van der Waals surface area contributed by atoms with E-state index in [0.717, 1.165) is 16.3 Å². The molecule has 0 bridgehead atoms. The van der Waals surface area contributed by atoms with E-state index in [1.165, 1.54) is 0 Å². The predicted molar refractivity (Wildman–Crippen MR) is 83.8 cm³/mol. The van der Waals surface area contributed by atoms with E-state index >= 15 is 0 Å². The standard InChI is InChI=1S/C16H17NO2S/c1-3-20-15-10-5-4-9-14(15)17-16(18)12-7-6-8-13(11-12)19-2/h4-11H,3H2,1-2H3,(H,17,18). The van der Waals surface area contributed by atoms with Crippen LogP contribution in [0.25, 0.3) is 0 Å². The van der Waals surface area contributed by atoms with Crippen molar-refractivity contribution < 1.29 is 9.53 Å². The van der Waals surface area contributed by atoms with Gasteiger partial charge < -0.3 is 10.1 Å². The maximum absolute atomic E-state index is 12.3. The Morgan fingerprint density at radius 1 is 1.20 bits per heavy atom. The van der Waals surface area contributed by atoms with Crippen molar-refractivity contribution in [1.82, 2.24) is 0 Å². The summed E-state index contributed by atoms with van der Waals surface area (Å²) >= 11 is 1.71. The van der Waals surface area contributed by atoms with Gasteiger partial charge in [-0.15, -0.1) is 11.8 Å². The van der Waals surface area contributed by atoms with Gasteiger partial charge in [-0.25, -0.2) is 0 Å². The summed E-state index contributed by atoms with van der Waals surface area (Å²) in [5.74, 6) is 1.51. The smallest absolute Gasteiger partial charge is 0.255 e. The molecule has 0 saturated carbocycles. The number of benzene rings is 2. The van der Waals surface area contributed by atoms with Crippen molar-refractivity contribution in [2.75, 3.05) is 18.2 Å². The SMILES string of the molecule is CCSc1ccccc1NC(=O)c1cccc(OC)c1. The van der Waals surface area contributed by atoms with Gasteiger partial charge in [0.15, 0.2) is 0 Å². The number of methoxy groups -OCH3 is 1. The van der Waals surface area contributed by atoms with Crippen LogP contribution in [-0.2, 0) is 0 Å². The van der Waals surface area contributed by atoms with Crippen LogP contribution in [0.1, 0.15) is 17.3 Å². The number of nitrogens with one attached hydrogen (secondary N) is 1. The van der Waals surface area contributed by atoms with E-state index in [1.807, 2.05) is 30.3 Å². The van der Waals surface area contributed by atoms with Crippen LogP contribution in [0.5, 0.6) is 5.75 Å². The van der Waals surface area contributed by atoms with E-state index in [1.54, 1.807) is 37.1 Å². The fraction of sp³-hybridized carbons (Fsp3) is 0.188. The summed E-state index contributed by atoms with van der Waals surface area (Å²) in [6.07, 6.45) is 0. The summed E-state index contributed by atoms with van der Waals surface area (Å²) < 4.78 is 5.13. The molecule has 0 heterocycles. The van der Waals surface area contributed by atoms with Crippen LogP contribution < -0.4 is 10.1 Å². The molecule has 0 aromatic heterocycles. The zero-order valence-electron chi connectivity index (χ0n) is 11.6. The molecule has 0 unspecified atom stereocenters. The minimum atomic E-state index is -0.131. The second-order valence-electron chi connectivity index (χ2n) is 4.12. The lowest BCUT2D eigenvalue weighted by molar-refractivity contribution is 0.102. The molecular formula is C16H17NO2S. The third-order valence-corrected chi connectivity index (χ3v) is 3.72. The molecular weight excluding hydrogens is 270 g/mol. The number of thioether (sulfide) groups is 1. The van der Waals surface area contributed by atoms with Crippen LogP contribution in [0, 0.1) is 0 Å². The normalized spacial score (nSPS) is 10.1. The summed E-state index contributed by atoms with van der Waals surface area (Å²) in [5.41, 5.74) is 1.42. The Bertz CT molecular complexity index is 599. The van der Waals surface area contributed by atoms with Crippen molar-refractivity contribution in [3.05, 3.63) is 54.1 Å². The van der Waals surface area contributed by atoms with Crippen molar-refractivity contribution in [2.45, 2.75) is 11.8 Å². The van der Waals surface area contributed by atoms with Crippen molar-refractivity contribution >= 4 is 23.4 Å². The molecule has 20 heavy (non-hydrogen) atoms. The number of amides is 1. The lowest BCUT2D eigenvalue weighted by Crippen LogP contribution is -2.12. The molecule has 104 valence electrons. The summed E-state index contributed by atoms with van der Waals surface area (Å²) in [4.78, 5) is 13.3. The lowest BCUT2D eigenvalue weighted by atomic mass is 10.2. The topological polar surface area (TPSA) is 38.3 Å². The number of carbonyl (C=O) groups excluding carboxylic acids is 1. The van der Waals surface area contributed by atoms with Crippen LogP contribution in [0.3, 0.4) is 0 Å². The van der Waals surface area contributed by atoms with Crippen LogP contribution in [0.2, 0.25) is 0 Å². The first-order valence-electron chi connectivity index (χ1n) is 6.42. The molecule has 0 aliphatic heterocycles. The lowest BCUT2D eigenvalue weighted by Gasteiger charge is -2.10. The highest BCUT2D eigenvalue weighted by molar-refractivity contribution is 7.99. The Kier molecular flexibility index (Phi) is 5.07. The number of anilines is 1. The monoisotopic (exact) mass is 287 g/mol. The van der Waals surface area contributed by atoms with E-state index in [9.17, 15) is 4.79 Å². The summed E-state index contributed by atoms with van der Waals surface area (Å²) in [6.45, 7) is 2.09. The van der Waals surface area contributed by atoms with E-state index in [2.05, 4.69) is 12.2 Å². The van der Waals surface area contributed by atoms with E-state index in [0.29, 0.717) is 11.3 Å². The average molecular weight is 287 g/mol. The van der Waals surface area contributed by atoms with Gasteiger partial charge in [-0.2, -0.15) is 0 Å². The second kappa shape index (κ2) is 7.01. The third kappa shape index (κ3) is 3.54. The Labute approximate surface area is 123 Å². The Morgan fingerprint density at radius 2 is 2.00 bits per heavy atom. The third-order valence-electron chi connectivity index (χ3n) is 2.77. The molecule has 1 N–H and O–H groups in total. The van der Waals surface area contributed by atoms with Crippen LogP contribution >= 0.6 is 11.8 Å². The number of ether oxygens (including phenoxy) is 1. The fourth-order valence-corrected chi connectivity index (χ4v) is 2.57. The molecule has 0 spiro atoms. The summed E-state index contributed by atoms with van der Waals surface area (Å²) in [7, 11) is 1.59. The zero-order chi connectivity index (χ0) is 14.4. The molecule has 0 saturated heterocycles. The van der Waals surface area contributed by atoms with Gasteiger partial charge in [-0.3, -0.25) is 4.79 Å². The van der Waals surface area contributed by atoms with Gasteiger partial charge >= 0.3 is 0 Å². The molecule has 2 aromatic carbocycles. The highest BCUT2D eigenvalue weighted by Crippen LogP contribution is 2.27. The molecule has 0 aliphatic carbocycles. The van der Waals surface area contributed by atoms with Gasteiger partial charge in [-0.1, -0.05) is 25.1 Å². The zero-order valence-corrected chi connectivity index (χ0v) is 12.4. The van der Waals surface area contributed by atoms with Gasteiger partial charge in [0.2, 0.25) is 0 Å². The molecule has 0 radical (unpaired) electrons. The molecule has 3 nitrogen and oxygen atoms in total. The quantitative estimate of drug-likeness (QED) is 0.843. The number of para-hydroxylation sites is 1. The Hall–Kier alpha value is -1.94. The average Bonchev–Trinajstić information content (AvgIpc) is 2.49. The first-order chi connectivity index (χ1) is 9.74. The first kappa shape index (κ1) is 14.5. The number of carbonyl (C=O) groups is 1. The van der Waals surface area contributed by atoms with Crippen LogP contribution in [0.4, 0.5) is 5.69 Å². The summed E-state index contributed by atoms with van der Waals surface area (Å²) in [6, 6.07) is 14.9. The number of hydrogen-bond donors (Lipinski definition) is 1. The van der Waals surface area contributed by atoms with Gasteiger partial charge in [-0.05, 0) is 36.1 Å². The van der Waals surface area contributed by atoms with E-state index < -0.39 is 0 Å². The van der Waals surface area contributed by atoms with Crippen molar-refractivity contribution in [3.63, 3.8) is 0 Å². The van der Waals surface area contributed by atoms with Gasteiger partial charge in [0.05, 0.1) is 12.8 Å². The highest BCUT2D eigenvalue weighted by atomic mass is 32.2. The van der Waals surface area contributed by atoms with Crippen molar-refractivity contribution in [1.29, 1.82) is 0 Å². The van der Waals surface area contributed by atoms with Gasteiger partial charge in [0.1, 0.15) is 5.75 Å². The Morgan fingerprint density at radius 3 is 2.75 bits per heavy atom. The van der Waals surface area contributed by atoms with Crippen molar-refractivity contribution in [3.8, 4) is 5.75 Å². The van der Waals surface area contributed by atoms with E-state index in [4.69, 9.17) is 4.74 Å². The van der Waals surface area contributed by atoms with E-state index in [-0.39, 0.29) is 5.91 Å². The highest BCUT2D eigenvalue weighted by Gasteiger charge is 2.09. The Balaban J connectivity index is 2.19. The van der Waals surface area contributed by atoms with Crippen LogP contribution in [0.15, 0.2) is 53.4 Å². The maximum Gasteiger partial charge on any atom is 0.255 e. The van der Waals surface area contributed by atoms with Gasteiger partial charge in [0.25, 0.3) is 5.91 Å². The van der Waals surface area contributed by atoms with Crippen molar-refractivity contribution in [2.24, 2.45) is 0 Å². The molecule has 0 atom stereocenters. The molecule has 2 aromatic rings. The number of hydrogen-bond acceptors (Lipinski definition) is 3. The molecule has 4 heteroatoms. The predicted octanol–water partition coefficient (Wildman–Crippen LogP) is 4.06. The molecule has 0 aliphatic rings. The first-order valence-corrected chi connectivity index (χ1v) is 7.40. The maximum atomic E-state index is 12.3. The number of rotatable bonds is 5.